The molecule has 2 nitrogen and oxygen atoms in total. The van der Waals surface area contributed by atoms with E-state index in [1.165, 1.54) is 0 Å². The minimum absolute atomic E-state index is 0.847. The van der Waals surface area contributed by atoms with Crippen LogP contribution in [0.2, 0.25) is 0 Å². The molecule has 1 heterocycles. The van der Waals surface area contributed by atoms with E-state index >= 15 is 0 Å². The van der Waals surface area contributed by atoms with Crippen molar-refractivity contribution < 1.29 is 0 Å². The normalized spacial score (nSPS) is 9.91. The van der Waals surface area contributed by atoms with Crippen molar-refractivity contribution in [3.63, 3.8) is 0 Å². The topological polar surface area (TPSA) is 25.8 Å². The molecule has 0 amide bonds. The first kappa shape index (κ1) is 8.53. The summed E-state index contributed by atoms with van der Waals surface area (Å²) < 4.78 is 0. The van der Waals surface area contributed by atoms with E-state index in [2.05, 4.69) is 10.2 Å². The summed E-state index contributed by atoms with van der Waals surface area (Å²) in [5, 5.41) is 7.75. The summed E-state index contributed by atoms with van der Waals surface area (Å²) in [7, 11) is 0. The first-order chi connectivity index (χ1) is 5.43. The molecule has 0 atom stereocenters. The lowest BCUT2D eigenvalue weighted by Crippen LogP contribution is -1.91. The van der Waals surface area contributed by atoms with Gasteiger partial charge in [0.1, 0.15) is 0 Å². The molecule has 0 saturated heterocycles. The molecule has 1 aromatic heterocycles. The zero-order valence-corrected chi connectivity index (χ0v) is 7.18. The average molecular weight is 167 g/mol. The van der Waals surface area contributed by atoms with Crippen molar-refractivity contribution >= 4 is 12.6 Å². The first-order valence-corrected chi connectivity index (χ1v) is 4.36. The highest BCUT2D eigenvalue weighted by molar-refractivity contribution is 7.80. The van der Waals surface area contributed by atoms with Gasteiger partial charge in [-0.15, -0.1) is 0 Å². The number of rotatable bonds is 4. The monoisotopic (exact) mass is 167 g/mol. The van der Waals surface area contributed by atoms with Crippen LogP contribution in [0.4, 0.5) is 0 Å². The number of aromatic nitrogens is 2. The molecule has 1 rings (SSSR count). The zero-order chi connectivity index (χ0) is 7.94. The Balaban J connectivity index is 2.28. The molecule has 3 heteroatoms. The Kier molecular flexibility index (Phi) is 3.98. The van der Waals surface area contributed by atoms with Gasteiger partial charge in [0.15, 0.2) is 0 Å². The number of hydrogen-bond acceptors (Lipinski definition) is 2. The second-order valence-electron chi connectivity index (χ2n) is 2.38. The molecule has 0 bridgehead atoms. The van der Waals surface area contributed by atoms with Crippen LogP contribution in [0.25, 0.3) is 0 Å². The van der Waals surface area contributed by atoms with Crippen LogP contribution in [0, 0.1) is 0 Å². The minimum Gasteiger partial charge on any atom is -0.159 e. The summed E-state index contributed by atoms with van der Waals surface area (Å²) in [4.78, 5) is 0. The molecule has 0 spiro atoms. The van der Waals surface area contributed by atoms with Crippen LogP contribution in [0.3, 0.4) is 0 Å². The Bertz CT molecular complexity index is 189. The largest absolute Gasteiger partial charge is 0.159 e. The van der Waals surface area contributed by atoms with Gasteiger partial charge in [0.05, 0.1) is 5.69 Å². The Hall–Kier alpha value is -0.570. The van der Waals surface area contributed by atoms with Gasteiger partial charge >= 0.3 is 0 Å². The molecule has 0 fully saturated rings. The number of unbranched alkanes of at least 4 members (excludes halogenated alkanes) is 1. The van der Waals surface area contributed by atoms with Gasteiger partial charge in [0.25, 0.3) is 0 Å². The van der Waals surface area contributed by atoms with Crippen molar-refractivity contribution in [2.45, 2.75) is 19.3 Å². The van der Waals surface area contributed by atoms with Crippen molar-refractivity contribution in [1.82, 2.24) is 10.2 Å². The summed E-state index contributed by atoms with van der Waals surface area (Å²) in [6.45, 7) is 0. The van der Waals surface area contributed by atoms with Gasteiger partial charge in [-0.25, -0.2) is 0 Å². The van der Waals surface area contributed by atoms with Gasteiger partial charge in [-0.2, -0.15) is 10.2 Å². The van der Waals surface area contributed by atoms with Crippen LogP contribution in [0.5, 0.6) is 0 Å². The Morgan fingerprint density at radius 2 is 2.27 bits per heavy atom. The molecule has 0 N–H and O–H groups in total. The fourth-order valence-electron chi connectivity index (χ4n) is 0.875. The number of hydrogen-bond donors (Lipinski definition) is 0. The molecule has 0 aromatic carbocycles. The highest BCUT2D eigenvalue weighted by Gasteiger charge is 1.92. The van der Waals surface area contributed by atoms with Crippen LogP contribution < -0.4 is 0 Å². The van der Waals surface area contributed by atoms with E-state index in [1.54, 1.807) is 6.20 Å². The second-order valence-corrected chi connectivity index (χ2v) is 2.78. The van der Waals surface area contributed by atoms with E-state index in [1.807, 2.05) is 12.1 Å². The van der Waals surface area contributed by atoms with Crippen LogP contribution >= 0.6 is 12.6 Å². The Morgan fingerprint density at radius 1 is 1.36 bits per heavy atom. The number of nitrogens with zero attached hydrogens (tertiary/aromatic N) is 2. The fraction of sp³-hybridized carbons (Fsp3) is 0.500. The lowest BCUT2D eigenvalue weighted by Gasteiger charge is -1.95. The molecular formula is C8H11N2S. The molecule has 0 aliphatic heterocycles. The van der Waals surface area contributed by atoms with Gasteiger partial charge in [-0.3, -0.25) is 0 Å². The van der Waals surface area contributed by atoms with Gasteiger partial charge in [-0.1, -0.05) is 12.6 Å². The van der Waals surface area contributed by atoms with Crippen molar-refractivity contribution in [2.24, 2.45) is 0 Å². The Labute approximate surface area is 72.5 Å². The average Bonchev–Trinajstić information content (AvgIpc) is 2.07. The van der Waals surface area contributed by atoms with Gasteiger partial charge < -0.3 is 0 Å². The van der Waals surface area contributed by atoms with E-state index in [0.29, 0.717) is 0 Å². The SMILES string of the molecule is [S]CCCCc1cccnn1. The molecule has 0 aliphatic carbocycles. The van der Waals surface area contributed by atoms with Gasteiger partial charge in [-0.05, 0) is 31.4 Å². The maximum atomic E-state index is 4.83. The lowest BCUT2D eigenvalue weighted by molar-refractivity contribution is 0.766. The van der Waals surface area contributed by atoms with E-state index in [0.717, 1.165) is 30.7 Å². The molecule has 11 heavy (non-hydrogen) atoms. The summed E-state index contributed by atoms with van der Waals surface area (Å²) in [5.41, 5.74) is 1.07. The van der Waals surface area contributed by atoms with E-state index < -0.39 is 0 Å². The van der Waals surface area contributed by atoms with E-state index in [9.17, 15) is 0 Å². The van der Waals surface area contributed by atoms with Crippen LogP contribution in [0.1, 0.15) is 18.5 Å². The zero-order valence-electron chi connectivity index (χ0n) is 6.36. The third-order valence-corrected chi connectivity index (χ3v) is 1.74. The van der Waals surface area contributed by atoms with Gasteiger partial charge in [0, 0.05) is 11.9 Å². The molecule has 1 radical (unpaired) electrons. The predicted molar refractivity (Wildman–Crippen MR) is 47.4 cm³/mol. The third-order valence-electron chi connectivity index (χ3n) is 1.45. The van der Waals surface area contributed by atoms with Crippen molar-refractivity contribution in [1.29, 1.82) is 0 Å². The summed E-state index contributed by atoms with van der Waals surface area (Å²) >= 11 is 4.83. The highest BCUT2D eigenvalue weighted by atomic mass is 32.1. The standard InChI is InChI=1S/C8H11N2S/c11-7-2-1-4-8-5-3-6-9-10-8/h3,5-6H,1-2,4,7H2. The van der Waals surface area contributed by atoms with Gasteiger partial charge in [0.2, 0.25) is 0 Å². The quantitative estimate of drug-likeness (QED) is 0.641. The highest BCUT2D eigenvalue weighted by Crippen LogP contribution is 2.00. The molecule has 0 saturated carbocycles. The molecular weight excluding hydrogens is 156 g/mol. The first-order valence-electron chi connectivity index (χ1n) is 3.78. The molecule has 0 unspecified atom stereocenters. The van der Waals surface area contributed by atoms with Crippen molar-refractivity contribution in [2.75, 3.05) is 5.75 Å². The maximum absolute atomic E-state index is 4.83. The predicted octanol–water partition coefficient (Wildman–Crippen LogP) is 2.00. The lowest BCUT2D eigenvalue weighted by atomic mass is 10.2. The van der Waals surface area contributed by atoms with Crippen molar-refractivity contribution in [3.8, 4) is 0 Å². The van der Waals surface area contributed by atoms with E-state index in [4.69, 9.17) is 12.6 Å². The van der Waals surface area contributed by atoms with E-state index in [-0.39, 0.29) is 0 Å². The third kappa shape index (κ3) is 3.37. The van der Waals surface area contributed by atoms with Crippen molar-refractivity contribution in [3.05, 3.63) is 24.0 Å². The van der Waals surface area contributed by atoms with Crippen LogP contribution in [-0.4, -0.2) is 16.0 Å². The fourth-order valence-corrected chi connectivity index (χ4v) is 1.08. The molecule has 0 aliphatic rings. The van der Waals surface area contributed by atoms with Crippen LogP contribution in [-0.2, 0) is 6.42 Å². The summed E-state index contributed by atoms with van der Waals surface area (Å²) in [6, 6.07) is 3.91. The summed E-state index contributed by atoms with van der Waals surface area (Å²) in [6.07, 6.45) is 4.93. The summed E-state index contributed by atoms with van der Waals surface area (Å²) in [5.74, 6) is 0.847. The van der Waals surface area contributed by atoms with Crippen LogP contribution in [0.15, 0.2) is 18.3 Å². The smallest absolute Gasteiger partial charge is 0.0631 e. The minimum atomic E-state index is 0.847. The maximum Gasteiger partial charge on any atom is 0.0631 e. The number of aryl methyl sites for hydroxylation is 1. The molecule has 59 valence electrons. The second kappa shape index (κ2) is 5.13. The Morgan fingerprint density at radius 3 is 2.91 bits per heavy atom. The molecule has 1 aromatic rings.